The highest BCUT2D eigenvalue weighted by molar-refractivity contribution is 14.1. The number of anilines is 1. The van der Waals surface area contributed by atoms with E-state index in [0.29, 0.717) is 0 Å². The Morgan fingerprint density at radius 1 is 1.57 bits per heavy atom. The van der Waals surface area contributed by atoms with Crippen molar-refractivity contribution in [1.82, 2.24) is 9.97 Å². The van der Waals surface area contributed by atoms with Crippen LogP contribution in [-0.2, 0) is 6.42 Å². The molecular formula is C10H14IN3. The van der Waals surface area contributed by atoms with Gasteiger partial charge in [0.25, 0.3) is 0 Å². The quantitative estimate of drug-likeness (QED) is 0.868. The molecule has 1 aliphatic carbocycles. The number of halogens is 1. The van der Waals surface area contributed by atoms with Crippen LogP contribution in [0.5, 0.6) is 0 Å². The maximum Gasteiger partial charge on any atom is 0.142 e. The molecule has 2 rings (SSSR count). The largest absolute Gasteiger partial charge is 0.372 e. The molecule has 1 aromatic rings. The molecule has 0 bridgehead atoms. The maximum atomic E-state index is 4.46. The monoisotopic (exact) mass is 303 g/mol. The summed E-state index contributed by atoms with van der Waals surface area (Å²) in [5.41, 5.74) is 0. The molecule has 0 saturated heterocycles. The van der Waals surface area contributed by atoms with Crippen LogP contribution in [-0.4, -0.2) is 17.0 Å². The molecule has 0 amide bonds. The number of rotatable bonds is 4. The van der Waals surface area contributed by atoms with Gasteiger partial charge in [0.15, 0.2) is 0 Å². The van der Waals surface area contributed by atoms with Crippen molar-refractivity contribution < 1.29 is 0 Å². The Hall–Kier alpha value is -0.390. The third-order valence-corrected chi connectivity index (χ3v) is 3.29. The van der Waals surface area contributed by atoms with Gasteiger partial charge in [0.1, 0.15) is 11.6 Å². The van der Waals surface area contributed by atoms with E-state index < -0.39 is 0 Å². The van der Waals surface area contributed by atoms with Crippen LogP contribution >= 0.6 is 22.6 Å². The molecule has 1 fully saturated rings. The van der Waals surface area contributed by atoms with E-state index in [1.54, 1.807) is 0 Å². The fraction of sp³-hybridized carbons (Fsp3) is 0.600. The van der Waals surface area contributed by atoms with Crippen molar-refractivity contribution in [2.75, 3.05) is 12.4 Å². The molecule has 1 aliphatic rings. The van der Waals surface area contributed by atoms with Gasteiger partial charge >= 0.3 is 0 Å². The number of hydrogen-bond donors (Lipinski definition) is 1. The minimum absolute atomic E-state index is 0.950. The Kier molecular flexibility index (Phi) is 3.20. The predicted molar refractivity (Wildman–Crippen MR) is 65.3 cm³/mol. The van der Waals surface area contributed by atoms with Gasteiger partial charge in [-0.3, -0.25) is 0 Å². The first-order chi connectivity index (χ1) is 6.79. The Morgan fingerprint density at radius 3 is 3.00 bits per heavy atom. The summed E-state index contributed by atoms with van der Waals surface area (Å²) in [5, 5.41) is 3.08. The number of nitrogens with zero attached hydrogens (tertiary/aromatic N) is 2. The van der Waals surface area contributed by atoms with Crippen LogP contribution in [0.1, 0.15) is 25.1 Å². The van der Waals surface area contributed by atoms with Crippen LogP contribution in [0.4, 0.5) is 5.82 Å². The van der Waals surface area contributed by atoms with Crippen molar-refractivity contribution in [2.24, 2.45) is 5.92 Å². The molecule has 0 atom stereocenters. The number of hydrogen-bond acceptors (Lipinski definition) is 3. The van der Waals surface area contributed by atoms with E-state index in [9.17, 15) is 0 Å². The molecule has 1 saturated carbocycles. The molecule has 0 aliphatic heterocycles. The average molecular weight is 303 g/mol. The minimum Gasteiger partial charge on any atom is -0.372 e. The Bertz CT molecular complexity index is 323. The van der Waals surface area contributed by atoms with Gasteiger partial charge in [0.2, 0.25) is 0 Å². The second-order valence-electron chi connectivity index (χ2n) is 3.71. The molecule has 0 spiro atoms. The molecule has 0 unspecified atom stereocenters. The summed E-state index contributed by atoms with van der Waals surface area (Å²) < 4.78 is 1.08. The average Bonchev–Trinajstić information content (AvgIpc) is 3.00. The molecule has 1 N–H and O–H groups in total. The second-order valence-corrected chi connectivity index (χ2v) is 4.88. The highest BCUT2D eigenvalue weighted by Gasteiger charge is 2.21. The Balaban J connectivity index is 2.01. The summed E-state index contributed by atoms with van der Waals surface area (Å²) >= 11 is 2.24. The molecular weight excluding hydrogens is 289 g/mol. The Morgan fingerprint density at radius 2 is 2.36 bits per heavy atom. The van der Waals surface area contributed by atoms with E-state index in [1.807, 2.05) is 13.2 Å². The maximum absolute atomic E-state index is 4.46. The van der Waals surface area contributed by atoms with E-state index in [0.717, 1.165) is 27.6 Å². The fourth-order valence-electron chi connectivity index (χ4n) is 1.44. The van der Waals surface area contributed by atoms with Crippen LogP contribution < -0.4 is 5.32 Å². The molecule has 0 radical (unpaired) electrons. The van der Waals surface area contributed by atoms with Crippen molar-refractivity contribution in [3.63, 3.8) is 0 Å². The van der Waals surface area contributed by atoms with Gasteiger partial charge in [-0.1, -0.05) is 12.8 Å². The summed E-state index contributed by atoms with van der Waals surface area (Å²) in [4.78, 5) is 8.79. The zero-order chi connectivity index (χ0) is 9.97. The van der Waals surface area contributed by atoms with Gasteiger partial charge in [-0.05, 0) is 34.9 Å². The zero-order valence-corrected chi connectivity index (χ0v) is 10.4. The standard InChI is InChI=1S/C10H14IN3/c1-12-10-8(11)6-13-9(14-10)5-4-7-2-3-7/h6-7H,2-5H2,1H3,(H,12,13,14). The van der Waals surface area contributed by atoms with Crippen molar-refractivity contribution in [3.05, 3.63) is 15.6 Å². The van der Waals surface area contributed by atoms with Crippen molar-refractivity contribution in [3.8, 4) is 0 Å². The van der Waals surface area contributed by atoms with Crippen LogP contribution in [0.25, 0.3) is 0 Å². The van der Waals surface area contributed by atoms with E-state index >= 15 is 0 Å². The predicted octanol–water partition coefficient (Wildman–Crippen LogP) is 2.47. The van der Waals surface area contributed by atoms with E-state index in [1.165, 1.54) is 19.3 Å². The van der Waals surface area contributed by atoms with Crippen LogP contribution in [0.3, 0.4) is 0 Å². The number of aromatic nitrogens is 2. The molecule has 4 heteroatoms. The molecule has 1 heterocycles. The lowest BCUT2D eigenvalue weighted by Gasteiger charge is -2.04. The lowest BCUT2D eigenvalue weighted by molar-refractivity contribution is 0.697. The van der Waals surface area contributed by atoms with E-state index in [2.05, 4.69) is 37.9 Å². The zero-order valence-electron chi connectivity index (χ0n) is 8.26. The lowest BCUT2D eigenvalue weighted by atomic mass is 10.2. The second kappa shape index (κ2) is 4.42. The van der Waals surface area contributed by atoms with Crippen LogP contribution in [0.15, 0.2) is 6.20 Å². The van der Waals surface area contributed by atoms with Crippen LogP contribution in [0, 0.1) is 9.49 Å². The van der Waals surface area contributed by atoms with Gasteiger partial charge < -0.3 is 5.32 Å². The van der Waals surface area contributed by atoms with Gasteiger partial charge in [0, 0.05) is 19.7 Å². The molecule has 0 aromatic carbocycles. The van der Waals surface area contributed by atoms with Crippen molar-refractivity contribution >= 4 is 28.4 Å². The summed E-state index contributed by atoms with van der Waals surface area (Å²) in [7, 11) is 1.90. The van der Waals surface area contributed by atoms with Gasteiger partial charge in [0.05, 0.1) is 3.57 Å². The Labute approximate surface area is 97.9 Å². The van der Waals surface area contributed by atoms with Crippen molar-refractivity contribution in [2.45, 2.75) is 25.7 Å². The molecule has 76 valence electrons. The van der Waals surface area contributed by atoms with E-state index in [4.69, 9.17) is 0 Å². The molecule has 14 heavy (non-hydrogen) atoms. The normalized spacial score (nSPS) is 15.6. The first kappa shape index (κ1) is 10.1. The highest BCUT2D eigenvalue weighted by Crippen LogP contribution is 2.33. The van der Waals surface area contributed by atoms with Crippen molar-refractivity contribution in [1.29, 1.82) is 0 Å². The number of nitrogens with one attached hydrogen (secondary N) is 1. The lowest BCUT2D eigenvalue weighted by Crippen LogP contribution is -2.02. The van der Waals surface area contributed by atoms with Gasteiger partial charge in [-0.25, -0.2) is 9.97 Å². The highest BCUT2D eigenvalue weighted by atomic mass is 127. The summed E-state index contributed by atoms with van der Waals surface area (Å²) in [6.07, 6.45) is 6.98. The van der Waals surface area contributed by atoms with Crippen LogP contribution in [0.2, 0.25) is 0 Å². The fourth-order valence-corrected chi connectivity index (χ4v) is 1.97. The third-order valence-electron chi connectivity index (χ3n) is 2.50. The first-order valence-corrected chi connectivity index (χ1v) is 6.06. The van der Waals surface area contributed by atoms with Gasteiger partial charge in [-0.15, -0.1) is 0 Å². The summed E-state index contributed by atoms with van der Waals surface area (Å²) in [5.74, 6) is 2.88. The summed E-state index contributed by atoms with van der Waals surface area (Å²) in [6, 6.07) is 0. The van der Waals surface area contributed by atoms with E-state index in [-0.39, 0.29) is 0 Å². The summed E-state index contributed by atoms with van der Waals surface area (Å²) in [6.45, 7) is 0. The van der Waals surface area contributed by atoms with Gasteiger partial charge in [-0.2, -0.15) is 0 Å². The topological polar surface area (TPSA) is 37.8 Å². The third kappa shape index (κ3) is 2.56. The smallest absolute Gasteiger partial charge is 0.142 e. The molecule has 1 aromatic heterocycles. The SMILES string of the molecule is CNc1nc(CCC2CC2)ncc1I. The molecule has 3 nitrogen and oxygen atoms in total. The number of aryl methyl sites for hydroxylation is 1. The first-order valence-electron chi connectivity index (χ1n) is 4.98. The minimum atomic E-state index is 0.950.